The van der Waals surface area contributed by atoms with Gasteiger partial charge in [0, 0.05) is 25.1 Å². The van der Waals surface area contributed by atoms with Gasteiger partial charge >= 0.3 is 0 Å². The summed E-state index contributed by atoms with van der Waals surface area (Å²) in [5, 5.41) is 34.5. The number of halogens is 1. The van der Waals surface area contributed by atoms with E-state index in [4.69, 9.17) is 19.1 Å². The van der Waals surface area contributed by atoms with Crippen LogP contribution in [-0.2, 0) is 16.1 Å². The fraction of sp³-hybridized carbons (Fsp3) is 0.526. The van der Waals surface area contributed by atoms with E-state index in [1.807, 2.05) is 0 Å². The Bertz CT molecular complexity index is 809. The monoisotopic (exact) mass is 409 g/mol. The number of likely N-dealkylation sites (tertiary alicyclic amines) is 1. The van der Waals surface area contributed by atoms with Gasteiger partial charge in [0.2, 0.25) is 11.8 Å². The number of carbonyl (C=O) groups is 1. The van der Waals surface area contributed by atoms with E-state index in [0.29, 0.717) is 30.3 Å². The van der Waals surface area contributed by atoms with E-state index in [9.17, 15) is 14.6 Å². The van der Waals surface area contributed by atoms with Crippen LogP contribution in [0, 0.1) is 5.82 Å². The molecule has 0 aliphatic carbocycles. The summed E-state index contributed by atoms with van der Waals surface area (Å²) in [6.45, 7) is 2.01. The van der Waals surface area contributed by atoms with Crippen molar-refractivity contribution < 1.29 is 33.7 Å². The molecule has 2 aromatic rings. The molecule has 0 amide bonds. The number of carboxylic acid groups (broad SMARTS) is 1. The molecule has 3 heterocycles. The summed E-state index contributed by atoms with van der Waals surface area (Å²) in [6, 6.07) is 6.06. The fourth-order valence-corrected chi connectivity index (χ4v) is 3.66. The van der Waals surface area contributed by atoms with Crippen LogP contribution in [0.5, 0.6) is 0 Å². The van der Waals surface area contributed by atoms with Gasteiger partial charge in [0.05, 0.1) is 24.9 Å². The molecule has 10 heteroatoms. The van der Waals surface area contributed by atoms with Gasteiger partial charge in [-0.3, -0.25) is 9.69 Å². The first-order valence-corrected chi connectivity index (χ1v) is 9.33. The molecule has 1 aromatic carbocycles. The average Bonchev–Trinajstić information content (AvgIpc) is 3.16. The highest BCUT2D eigenvalue weighted by Gasteiger charge is 2.43. The highest BCUT2D eigenvalue weighted by molar-refractivity contribution is 5.52. The zero-order valence-corrected chi connectivity index (χ0v) is 15.8. The van der Waals surface area contributed by atoms with E-state index < -0.39 is 12.2 Å². The first-order chi connectivity index (χ1) is 13.9. The van der Waals surface area contributed by atoms with Gasteiger partial charge in [0.1, 0.15) is 11.9 Å². The zero-order valence-electron chi connectivity index (χ0n) is 15.8. The Morgan fingerprint density at radius 1 is 1.24 bits per heavy atom. The minimum Gasteiger partial charge on any atom is -0.483 e. The summed E-state index contributed by atoms with van der Waals surface area (Å²) in [5.74, 6) is 0.448. The third kappa shape index (κ3) is 5.36. The number of nitrogens with zero attached hydrogens (tertiary/aromatic N) is 3. The van der Waals surface area contributed by atoms with Crippen LogP contribution in [0.3, 0.4) is 0 Å². The van der Waals surface area contributed by atoms with Gasteiger partial charge < -0.3 is 24.5 Å². The Hall–Kier alpha value is -2.40. The lowest BCUT2D eigenvalue weighted by molar-refractivity contribution is -0.188. The molecular formula is C19H24FN3O6. The van der Waals surface area contributed by atoms with Crippen LogP contribution in [0.2, 0.25) is 0 Å². The zero-order chi connectivity index (χ0) is 20.9. The minimum atomic E-state index is -0.793. The fourth-order valence-electron chi connectivity index (χ4n) is 3.66. The topological polar surface area (TPSA) is 129 Å². The second kappa shape index (κ2) is 9.40. The maximum Gasteiger partial charge on any atom is 0.290 e. The van der Waals surface area contributed by atoms with Gasteiger partial charge in [-0.25, -0.2) is 4.39 Å². The number of aliphatic hydroxyl groups excluding tert-OH is 2. The van der Waals surface area contributed by atoms with Crippen LogP contribution >= 0.6 is 0 Å². The molecule has 29 heavy (non-hydrogen) atoms. The highest BCUT2D eigenvalue weighted by Crippen LogP contribution is 2.35. The van der Waals surface area contributed by atoms with Gasteiger partial charge in [0.25, 0.3) is 6.47 Å². The normalized spacial score (nSPS) is 24.0. The number of aromatic nitrogens is 2. The molecule has 1 aromatic heterocycles. The summed E-state index contributed by atoms with van der Waals surface area (Å²) in [5.41, 5.74) is 0.209. The van der Waals surface area contributed by atoms with Crippen molar-refractivity contribution in [1.82, 2.24) is 15.1 Å². The van der Waals surface area contributed by atoms with Crippen molar-refractivity contribution in [1.29, 1.82) is 0 Å². The van der Waals surface area contributed by atoms with Crippen LogP contribution in [0.1, 0.15) is 25.2 Å². The molecular weight excluding hydrogens is 385 g/mol. The third-order valence-electron chi connectivity index (χ3n) is 5.25. The van der Waals surface area contributed by atoms with Gasteiger partial charge in [0.15, 0.2) is 0 Å². The smallest absolute Gasteiger partial charge is 0.290 e. The predicted molar refractivity (Wildman–Crippen MR) is 98.2 cm³/mol. The maximum atomic E-state index is 13.3. The number of rotatable bonds is 3. The molecule has 158 valence electrons. The second-order valence-corrected chi connectivity index (χ2v) is 7.23. The lowest BCUT2D eigenvalue weighted by Gasteiger charge is -2.46. The Balaban J connectivity index is 0.000000755. The van der Waals surface area contributed by atoms with E-state index in [1.54, 1.807) is 12.1 Å². The van der Waals surface area contributed by atoms with E-state index in [2.05, 4.69) is 15.1 Å². The Morgan fingerprint density at radius 3 is 2.62 bits per heavy atom. The maximum absolute atomic E-state index is 13.3. The molecule has 2 saturated heterocycles. The van der Waals surface area contributed by atoms with Crippen LogP contribution in [0.4, 0.5) is 4.39 Å². The number of hydrogen-bond donors (Lipinski definition) is 3. The van der Waals surface area contributed by atoms with Crippen LogP contribution < -0.4 is 0 Å². The van der Waals surface area contributed by atoms with Gasteiger partial charge in [-0.05, 0) is 31.0 Å². The van der Waals surface area contributed by atoms with E-state index >= 15 is 0 Å². The van der Waals surface area contributed by atoms with Crippen LogP contribution in [-0.4, -0.2) is 74.4 Å². The molecule has 2 aliphatic rings. The number of aliphatic hydroxyl groups is 2. The Labute approximate surface area is 166 Å². The standard InChI is InChI=1S/C18H22FN3O4.CH2O2/c19-13-3-1-2-12(8-13)17-21-20-16(26-17)10-22-6-4-18(5-7-22)9-14(23)15(24)11-25-18;2-1-3/h1-3,8,14-15,23-24H,4-7,9-11H2;1H,(H,2,3)/t14-,15+;/m1./s1. The Kier molecular flexibility index (Phi) is 6.91. The predicted octanol–water partition coefficient (Wildman–Crippen LogP) is 1.05. The van der Waals surface area contributed by atoms with Gasteiger partial charge in [-0.15, -0.1) is 10.2 Å². The third-order valence-corrected chi connectivity index (χ3v) is 5.25. The molecule has 9 nitrogen and oxygen atoms in total. The number of hydrogen-bond acceptors (Lipinski definition) is 8. The summed E-state index contributed by atoms with van der Waals surface area (Å²) in [4.78, 5) is 10.6. The van der Waals surface area contributed by atoms with E-state index in [-0.39, 0.29) is 24.5 Å². The lowest BCUT2D eigenvalue weighted by atomic mass is 9.82. The quantitative estimate of drug-likeness (QED) is 0.637. The molecule has 2 atom stereocenters. The van der Waals surface area contributed by atoms with E-state index in [0.717, 1.165) is 25.9 Å². The summed E-state index contributed by atoms with van der Waals surface area (Å²) in [6.07, 6.45) is 0.508. The first-order valence-electron chi connectivity index (χ1n) is 9.33. The van der Waals surface area contributed by atoms with Crippen LogP contribution in [0.15, 0.2) is 28.7 Å². The second-order valence-electron chi connectivity index (χ2n) is 7.23. The number of ether oxygens (including phenoxy) is 1. The van der Waals surface area contributed by atoms with Crippen molar-refractivity contribution >= 4 is 6.47 Å². The number of piperidine rings is 1. The van der Waals surface area contributed by atoms with Crippen molar-refractivity contribution in [3.8, 4) is 11.5 Å². The summed E-state index contributed by atoms with van der Waals surface area (Å²) in [7, 11) is 0. The molecule has 0 bridgehead atoms. The molecule has 0 unspecified atom stereocenters. The number of benzene rings is 1. The van der Waals surface area contributed by atoms with Gasteiger partial charge in [-0.2, -0.15) is 0 Å². The summed E-state index contributed by atoms with van der Waals surface area (Å²) < 4.78 is 24.8. The highest BCUT2D eigenvalue weighted by atomic mass is 19.1. The molecule has 2 aliphatic heterocycles. The van der Waals surface area contributed by atoms with Crippen molar-refractivity contribution in [3.05, 3.63) is 36.0 Å². The van der Waals surface area contributed by atoms with Gasteiger partial charge in [-0.1, -0.05) is 6.07 Å². The molecule has 0 saturated carbocycles. The first kappa shape index (κ1) is 21.3. The van der Waals surface area contributed by atoms with E-state index in [1.165, 1.54) is 12.1 Å². The van der Waals surface area contributed by atoms with Crippen molar-refractivity contribution in [2.45, 2.75) is 43.6 Å². The molecule has 0 radical (unpaired) electrons. The molecule has 2 fully saturated rings. The SMILES string of the molecule is O=CO.O[C@@H]1CC2(CCN(Cc3nnc(-c4cccc(F)c4)o3)CC2)OC[C@@H]1O. The Morgan fingerprint density at radius 2 is 1.97 bits per heavy atom. The summed E-state index contributed by atoms with van der Waals surface area (Å²) >= 11 is 0. The largest absolute Gasteiger partial charge is 0.483 e. The lowest BCUT2D eigenvalue weighted by Crippen LogP contribution is -2.54. The van der Waals surface area contributed by atoms with Crippen molar-refractivity contribution in [2.75, 3.05) is 19.7 Å². The van der Waals surface area contributed by atoms with Crippen LogP contribution in [0.25, 0.3) is 11.5 Å². The average molecular weight is 409 g/mol. The molecule has 4 rings (SSSR count). The minimum absolute atomic E-state index is 0.182. The molecule has 3 N–H and O–H groups in total. The van der Waals surface area contributed by atoms with Crippen molar-refractivity contribution in [2.24, 2.45) is 0 Å². The van der Waals surface area contributed by atoms with Crippen molar-refractivity contribution in [3.63, 3.8) is 0 Å². The molecule has 1 spiro atoms.